The molecule has 3 aliphatic rings. The molecule has 10 heteroatoms. The topological polar surface area (TPSA) is 146 Å². The Balaban J connectivity index is 2.31. The largest absolute Gasteiger partial charge is 0.462 e. The summed E-state index contributed by atoms with van der Waals surface area (Å²) in [6.07, 6.45) is -2.65. The van der Waals surface area contributed by atoms with E-state index in [0.29, 0.717) is 24.0 Å². The Hall–Kier alpha value is -2.72. The number of carbonyl (C=O) groups is 4. The molecule has 2 saturated carbocycles. The van der Waals surface area contributed by atoms with Gasteiger partial charge in [0.05, 0.1) is 12.0 Å². The third-order valence-corrected chi connectivity index (χ3v) is 8.85. The molecule has 8 atom stereocenters. The molecule has 38 heavy (non-hydrogen) atoms. The summed E-state index contributed by atoms with van der Waals surface area (Å²) in [7, 11) is 0. The molecular weight excluding hydrogens is 496 g/mol. The molecule has 8 unspecified atom stereocenters. The van der Waals surface area contributed by atoms with Gasteiger partial charge in [0.15, 0.2) is 12.2 Å². The number of carbonyl (C=O) groups excluding carboxylic acids is 4. The molecular formula is C28H40O10. The summed E-state index contributed by atoms with van der Waals surface area (Å²) in [6.45, 7) is 14.8. The Labute approximate surface area is 223 Å². The zero-order valence-electron chi connectivity index (χ0n) is 23.2. The van der Waals surface area contributed by atoms with Crippen LogP contribution in [0.15, 0.2) is 23.8 Å². The molecule has 0 bridgehead atoms. The average molecular weight is 537 g/mol. The second-order valence-corrected chi connectivity index (χ2v) is 11.7. The summed E-state index contributed by atoms with van der Waals surface area (Å²) < 4.78 is 22.5. The van der Waals surface area contributed by atoms with Crippen LogP contribution >= 0.6 is 0 Å². The SMILES string of the molecule is C=C1CCC(O)C2C1(C)C(OC(C)=O)C(OC(=O)C(C)C)C(C)(O)C2(C)C(CC1=CC(=O)OC1)OC(C)=O. The number of hydrogen-bond acceptors (Lipinski definition) is 10. The van der Waals surface area contributed by atoms with Crippen LogP contribution in [0.2, 0.25) is 0 Å². The Bertz CT molecular complexity index is 1040. The van der Waals surface area contributed by atoms with E-state index in [1.54, 1.807) is 27.7 Å². The molecule has 2 fully saturated rings. The number of aliphatic hydroxyl groups excluding tert-OH is 1. The first-order valence-corrected chi connectivity index (χ1v) is 13.0. The van der Waals surface area contributed by atoms with Crippen molar-refractivity contribution in [3.8, 4) is 0 Å². The predicted molar refractivity (Wildman–Crippen MR) is 134 cm³/mol. The minimum absolute atomic E-state index is 0.00610. The Morgan fingerprint density at radius 1 is 1.13 bits per heavy atom. The van der Waals surface area contributed by atoms with Gasteiger partial charge in [-0.25, -0.2) is 4.79 Å². The van der Waals surface area contributed by atoms with E-state index in [4.69, 9.17) is 18.9 Å². The lowest BCUT2D eigenvalue weighted by Gasteiger charge is -2.67. The molecule has 2 aliphatic carbocycles. The van der Waals surface area contributed by atoms with Crippen LogP contribution in [-0.4, -0.2) is 70.7 Å². The highest BCUT2D eigenvalue weighted by Gasteiger charge is 2.75. The van der Waals surface area contributed by atoms with Gasteiger partial charge in [0.2, 0.25) is 0 Å². The number of hydrogen-bond donors (Lipinski definition) is 2. The third-order valence-electron chi connectivity index (χ3n) is 8.85. The first-order valence-electron chi connectivity index (χ1n) is 13.0. The summed E-state index contributed by atoms with van der Waals surface area (Å²) in [6, 6.07) is 0. The van der Waals surface area contributed by atoms with E-state index in [1.807, 2.05) is 0 Å². The Morgan fingerprint density at radius 2 is 1.76 bits per heavy atom. The second-order valence-electron chi connectivity index (χ2n) is 11.7. The van der Waals surface area contributed by atoms with Gasteiger partial charge in [-0.1, -0.05) is 39.8 Å². The fraction of sp³-hybridized carbons (Fsp3) is 0.714. The van der Waals surface area contributed by atoms with Crippen molar-refractivity contribution in [3.05, 3.63) is 23.8 Å². The lowest BCUT2D eigenvalue weighted by atomic mass is 9.41. The molecule has 0 amide bonds. The van der Waals surface area contributed by atoms with Gasteiger partial charge in [0, 0.05) is 43.1 Å². The zero-order valence-corrected chi connectivity index (χ0v) is 23.2. The van der Waals surface area contributed by atoms with Gasteiger partial charge in [-0.2, -0.15) is 0 Å². The quantitative estimate of drug-likeness (QED) is 0.282. The first kappa shape index (κ1) is 29.8. The monoisotopic (exact) mass is 536 g/mol. The third kappa shape index (κ3) is 4.88. The van der Waals surface area contributed by atoms with Crippen molar-refractivity contribution in [2.75, 3.05) is 6.61 Å². The van der Waals surface area contributed by atoms with E-state index in [9.17, 15) is 29.4 Å². The van der Waals surface area contributed by atoms with E-state index >= 15 is 0 Å². The van der Waals surface area contributed by atoms with Crippen LogP contribution in [0, 0.1) is 22.7 Å². The lowest BCUT2D eigenvalue weighted by Crippen LogP contribution is -2.78. The highest BCUT2D eigenvalue weighted by molar-refractivity contribution is 5.85. The van der Waals surface area contributed by atoms with Crippen molar-refractivity contribution in [2.24, 2.45) is 22.7 Å². The molecule has 0 aromatic carbocycles. The number of cyclic esters (lactones) is 1. The van der Waals surface area contributed by atoms with Crippen molar-refractivity contribution < 1.29 is 48.3 Å². The number of aliphatic hydroxyl groups is 2. The second kappa shape index (κ2) is 10.4. The molecule has 1 heterocycles. The van der Waals surface area contributed by atoms with Crippen LogP contribution in [0.25, 0.3) is 0 Å². The van der Waals surface area contributed by atoms with E-state index in [0.717, 1.165) is 0 Å². The van der Waals surface area contributed by atoms with E-state index in [1.165, 1.54) is 26.8 Å². The maximum atomic E-state index is 12.9. The van der Waals surface area contributed by atoms with E-state index < -0.39 is 76.6 Å². The summed E-state index contributed by atoms with van der Waals surface area (Å²) >= 11 is 0. The van der Waals surface area contributed by atoms with Crippen LogP contribution in [0.4, 0.5) is 0 Å². The van der Waals surface area contributed by atoms with Crippen LogP contribution in [0.5, 0.6) is 0 Å². The fourth-order valence-corrected chi connectivity index (χ4v) is 6.68. The van der Waals surface area contributed by atoms with Crippen LogP contribution in [-0.2, 0) is 38.1 Å². The normalized spacial score (nSPS) is 37.6. The van der Waals surface area contributed by atoms with Gasteiger partial charge in [0.25, 0.3) is 0 Å². The lowest BCUT2D eigenvalue weighted by molar-refractivity contribution is -0.312. The summed E-state index contributed by atoms with van der Waals surface area (Å²) in [5.74, 6) is -3.86. The fourth-order valence-electron chi connectivity index (χ4n) is 6.68. The molecule has 0 radical (unpaired) electrons. The van der Waals surface area contributed by atoms with Gasteiger partial charge in [0.1, 0.15) is 18.3 Å². The highest BCUT2D eigenvalue weighted by atomic mass is 16.6. The minimum atomic E-state index is -2.00. The number of fused-ring (bicyclic) bond motifs is 1. The Kier molecular flexibility index (Phi) is 8.20. The number of rotatable bonds is 7. The van der Waals surface area contributed by atoms with Crippen molar-refractivity contribution in [1.82, 2.24) is 0 Å². The number of esters is 4. The average Bonchev–Trinajstić information content (AvgIpc) is 3.21. The van der Waals surface area contributed by atoms with Gasteiger partial charge in [-0.05, 0) is 25.3 Å². The maximum absolute atomic E-state index is 12.9. The van der Waals surface area contributed by atoms with E-state index in [-0.39, 0.29) is 13.0 Å². The Morgan fingerprint density at radius 3 is 2.26 bits per heavy atom. The molecule has 212 valence electrons. The van der Waals surface area contributed by atoms with Gasteiger partial charge < -0.3 is 29.2 Å². The van der Waals surface area contributed by atoms with Crippen molar-refractivity contribution in [3.63, 3.8) is 0 Å². The summed E-state index contributed by atoms with van der Waals surface area (Å²) in [5.41, 5.74) is -3.48. The smallest absolute Gasteiger partial charge is 0.331 e. The van der Waals surface area contributed by atoms with Crippen molar-refractivity contribution >= 4 is 23.9 Å². The van der Waals surface area contributed by atoms with E-state index in [2.05, 4.69) is 6.58 Å². The zero-order chi connectivity index (χ0) is 28.8. The summed E-state index contributed by atoms with van der Waals surface area (Å²) in [5, 5.41) is 23.9. The molecule has 3 rings (SSSR count). The predicted octanol–water partition coefficient (Wildman–Crippen LogP) is 2.40. The van der Waals surface area contributed by atoms with Crippen molar-refractivity contribution in [1.29, 1.82) is 0 Å². The highest BCUT2D eigenvalue weighted by Crippen LogP contribution is 2.66. The molecule has 1 aliphatic heterocycles. The molecule has 0 aromatic rings. The van der Waals surface area contributed by atoms with Crippen LogP contribution < -0.4 is 0 Å². The molecule has 10 nitrogen and oxygen atoms in total. The van der Waals surface area contributed by atoms with Crippen molar-refractivity contribution in [2.45, 2.75) is 97.7 Å². The molecule has 0 saturated heterocycles. The first-order chi connectivity index (χ1) is 17.5. The standard InChI is InChI=1S/C28H40O10/c1-14(2)25(33)38-24-23(37-17(5)30)26(6)15(3)9-10-19(31)22(26)27(7,28(24,8)34)20(36-16(4)29)11-18-12-21(32)35-13-18/h12,14,19-20,22-24,31,34H,3,9-11,13H2,1-2,4-8H3. The molecule has 0 aromatic heterocycles. The van der Waals surface area contributed by atoms with Crippen LogP contribution in [0.1, 0.15) is 67.7 Å². The van der Waals surface area contributed by atoms with Gasteiger partial charge in [-0.15, -0.1) is 0 Å². The molecule has 0 spiro atoms. The summed E-state index contributed by atoms with van der Waals surface area (Å²) in [4.78, 5) is 49.4. The molecule has 2 N–H and O–H groups in total. The van der Waals surface area contributed by atoms with Gasteiger partial charge in [-0.3, -0.25) is 14.4 Å². The minimum Gasteiger partial charge on any atom is -0.462 e. The maximum Gasteiger partial charge on any atom is 0.331 e. The van der Waals surface area contributed by atoms with Crippen LogP contribution in [0.3, 0.4) is 0 Å². The van der Waals surface area contributed by atoms with Gasteiger partial charge >= 0.3 is 23.9 Å². The number of ether oxygens (including phenoxy) is 4.